The van der Waals surface area contributed by atoms with Gasteiger partial charge in [0.2, 0.25) is 5.43 Å². The summed E-state index contributed by atoms with van der Waals surface area (Å²) in [6.07, 6.45) is 3.13. The summed E-state index contributed by atoms with van der Waals surface area (Å²) < 4.78 is 32.0. The number of anilines is 2. The average molecular weight is 452 g/mol. The highest BCUT2D eigenvalue weighted by atomic mass is 35.5. The van der Waals surface area contributed by atoms with Crippen LogP contribution < -0.4 is 27.3 Å². The van der Waals surface area contributed by atoms with Crippen LogP contribution in [0.25, 0.3) is 10.9 Å². The number of hydrogen-bond acceptors (Lipinski definition) is 6. The first kappa shape index (κ1) is 23.1. The van der Waals surface area contributed by atoms with E-state index >= 15 is 8.78 Å². The van der Waals surface area contributed by atoms with Crippen LogP contribution in [0.5, 0.6) is 0 Å². The van der Waals surface area contributed by atoms with E-state index in [-0.39, 0.29) is 54.6 Å². The number of pyridine rings is 1. The molecular weight excluding hydrogens is 431 g/mol. The molecule has 1 aliphatic heterocycles. The highest BCUT2D eigenvalue weighted by molar-refractivity contribution is 6.00. The van der Waals surface area contributed by atoms with Crippen LogP contribution in [-0.2, 0) is 0 Å². The molecule has 0 radical (unpaired) electrons. The molecule has 1 aromatic heterocycles. The minimum Gasteiger partial charge on any atom is -0.477 e. The van der Waals surface area contributed by atoms with Crippen molar-refractivity contribution in [2.75, 3.05) is 23.4 Å². The Hall–Kier alpha value is -2.14. The predicted octanol–water partition coefficient (Wildman–Crippen LogP) is 1.98. The number of hydrogen-bond donors (Lipinski definition) is 4. The zero-order valence-electron chi connectivity index (χ0n) is 15.2. The van der Waals surface area contributed by atoms with E-state index < -0.39 is 39.7 Å². The van der Waals surface area contributed by atoms with E-state index in [1.165, 1.54) is 9.47 Å². The normalized spacial score (nSPS) is 18.3. The van der Waals surface area contributed by atoms with E-state index in [1.807, 2.05) is 0 Å². The summed E-state index contributed by atoms with van der Waals surface area (Å²) >= 11 is 0. The molecule has 29 heavy (non-hydrogen) atoms. The lowest BCUT2D eigenvalue weighted by Gasteiger charge is -2.24. The Morgan fingerprint density at radius 1 is 1.21 bits per heavy atom. The monoisotopic (exact) mass is 451 g/mol. The number of hydrazine groups is 1. The molecule has 0 bridgehead atoms. The number of carboxylic acid groups (broad SMARTS) is 1. The minimum absolute atomic E-state index is 0. The second-order valence-electron chi connectivity index (χ2n) is 7.03. The Labute approximate surface area is 176 Å². The molecule has 0 unspecified atom stereocenters. The van der Waals surface area contributed by atoms with E-state index in [9.17, 15) is 14.7 Å². The molecule has 1 aliphatic carbocycles. The third-order valence-electron chi connectivity index (χ3n) is 5.18. The molecule has 2 heterocycles. The molecule has 0 spiro atoms. The van der Waals surface area contributed by atoms with E-state index in [1.54, 1.807) is 0 Å². The molecule has 4 rings (SSSR count). The van der Waals surface area contributed by atoms with Crippen molar-refractivity contribution in [3.05, 3.63) is 33.6 Å². The van der Waals surface area contributed by atoms with Crippen molar-refractivity contribution in [3.8, 4) is 0 Å². The molecular formula is C17H21Cl2F2N5O3. The Morgan fingerprint density at radius 3 is 2.34 bits per heavy atom. The number of carboxylic acids is 1. The summed E-state index contributed by atoms with van der Waals surface area (Å²) in [6.45, 7) is 0.635. The average Bonchev–Trinajstić information content (AvgIpc) is 3.37. The largest absolute Gasteiger partial charge is 0.477 e. The van der Waals surface area contributed by atoms with Crippen LogP contribution in [0, 0.1) is 11.6 Å². The summed E-state index contributed by atoms with van der Waals surface area (Å²) in [7, 11) is 0. The van der Waals surface area contributed by atoms with Gasteiger partial charge in [0.15, 0.2) is 11.6 Å². The van der Waals surface area contributed by atoms with Gasteiger partial charge in [-0.3, -0.25) is 10.6 Å². The third kappa shape index (κ3) is 3.61. The Balaban J connectivity index is 0.00000150. The number of nitrogens with zero attached hydrogens (tertiary/aromatic N) is 2. The number of nitrogen functional groups attached to an aromatic ring is 1. The third-order valence-corrected chi connectivity index (χ3v) is 5.18. The van der Waals surface area contributed by atoms with Gasteiger partial charge in [0.25, 0.3) is 0 Å². The Bertz CT molecular complexity index is 1030. The number of fused-ring (bicyclic) bond motifs is 1. The lowest BCUT2D eigenvalue weighted by Crippen LogP contribution is -2.29. The maximum Gasteiger partial charge on any atom is 0.341 e. The summed E-state index contributed by atoms with van der Waals surface area (Å²) in [4.78, 5) is 25.6. The molecule has 0 amide bonds. The van der Waals surface area contributed by atoms with Crippen LogP contribution in [0.2, 0.25) is 0 Å². The summed E-state index contributed by atoms with van der Waals surface area (Å²) in [5, 5.41) is 8.94. The molecule has 2 aliphatic rings. The van der Waals surface area contributed by atoms with Crippen molar-refractivity contribution in [1.29, 1.82) is 0 Å². The number of rotatable bonds is 4. The van der Waals surface area contributed by atoms with Gasteiger partial charge < -0.3 is 25.7 Å². The van der Waals surface area contributed by atoms with Crippen molar-refractivity contribution in [2.45, 2.75) is 31.3 Å². The van der Waals surface area contributed by atoms with Gasteiger partial charge in [0.1, 0.15) is 16.9 Å². The molecule has 12 heteroatoms. The van der Waals surface area contributed by atoms with Crippen molar-refractivity contribution in [2.24, 2.45) is 11.6 Å². The second-order valence-corrected chi connectivity index (χ2v) is 7.03. The minimum atomic E-state index is -1.46. The van der Waals surface area contributed by atoms with Gasteiger partial charge in [-0.15, -0.1) is 24.8 Å². The maximum absolute atomic E-state index is 15.5. The van der Waals surface area contributed by atoms with Crippen molar-refractivity contribution in [3.63, 3.8) is 0 Å². The SMILES string of the molecule is Cl.Cl.NNc1c(F)c(N2CC[C@H](N)C2)c(F)c2c1c(=O)c(C(=O)O)cn2C1CC1. The van der Waals surface area contributed by atoms with Gasteiger partial charge >= 0.3 is 5.97 Å². The first-order valence-corrected chi connectivity index (χ1v) is 8.65. The Morgan fingerprint density at radius 2 is 1.86 bits per heavy atom. The van der Waals surface area contributed by atoms with Gasteiger partial charge in [-0.1, -0.05) is 0 Å². The number of aromatic carboxylic acids is 1. The first-order chi connectivity index (χ1) is 12.8. The number of aromatic nitrogens is 1. The number of carbonyl (C=O) groups is 1. The fraction of sp³-hybridized carbons (Fsp3) is 0.412. The van der Waals surface area contributed by atoms with Gasteiger partial charge in [-0.25, -0.2) is 13.6 Å². The van der Waals surface area contributed by atoms with Crippen molar-refractivity contribution in [1.82, 2.24) is 4.57 Å². The number of nitrogens with one attached hydrogen (secondary N) is 1. The van der Waals surface area contributed by atoms with Gasteiger partial charge in [-0.05, 0) is 19.3 Å². The fourth-order valence-electron chi connectivity index (χ4n) is 3.72. The zero-order valence-corrected chi connectivity index (χ0v) is 16.8. The van der Waals surface area contributed by atoms with Crippen LogP contribution in [0.3, 0.4) is 0 Å². The highest BCUT2D eigenvalue weighted by Gasteiger charge is 2.34. The van der Waals surface area contributed by atoms with E-state index in [4.69, 9.17) is 11.6 Å². The molecule has 1 aromatic carbocycles. The molecule has 160 valence electrons. The lowest BCUT2D eigenvalue weighted by molar-refractivity contribution is 0.0695. The second kappa shape index (κ2) is 8.31. The summed E-state index contributed by atoms with van der Waals surface area (Å²) in [5.41, 5.74) is 5.60. The van der Waals surface area contributed by atoms with Crippen LogP contribution in [0.15, 0.2) is 11.0 Å². The molecule has 2 aromatic rings. The van der Waals surface area contributed by atoms with Gasteiger partial charge in [0, 0.05) is 31.4 Å². The van der Waals surface area contributed by atoms with Crippen LogP contribution >= 0.6 is 24.8 Å². The standard InChI is InChI=1S/C17H19F2N5O3.2ClH/c18-11-13(22-21)10-14(12(19)15(11)23-4-3-7(20)5-23)24(8-1-2-8)6-9(16(10)25)17(26)27;;/h6-8,22H,1-5,20-21H2,(H,26,27);2*1H/t7-;;/m0../s1. The smallest absolute Gasteiger partial charge is 0.341 e. The fourth-order valence-corrected chi connectivity index (χ4v) is 3.72. The van der Waals surface area contributed by atoms with E-state index in [0.717, 1.165) is 6.20 Å². The Kier molecular flexibility index (Phi) is 6.63. The van der Waals surface area contributed by atoms with Crippen molar-refractivity contribution < 1.29 is 18.7 Å². The summed E-state index contributed by atoms with van der Waals surface area (Å²) in [6, 6.07) is -0.362. The molecule has 1 atom stereocenters. The van der Waals surface area contributed by atoms with Crippen LogP contribution in [0.4, 0.5) is 20.2 Å². The summed E-state index contributed by atoms with van der Waals surface area (Å²) in [5.74, 6) is 2.05. The van der Waals surface area contributed by atoms with Gasteiger partial charge in [-0.2, -0.15) is 0 Å². The maximum atomic E-state index is 15.5. The number of halogens is 4. The molecule has 1 saturated carbocycles. The van der Waals surface area contributed by atoms with Gasteiger partial charge in [0.05, 0.1) is 10.9 Å². The van der Waals surface area contributed by atoms with Crippen molar-refractivity contribution >= 4 is 53.1 Å². The lowest BCUT2D eigenvalue weighted by atomic mass is 10.1. The topological polar surface area (TPSA) is 127 Å². The van der Waals surface area contributed by atoms with Crippen LogP contribution in [0.1, 0.15) is 35.7 Å². The highest BCUT2D eigenvalue weighted by Crippen LogP contribution is 2.42. The van der Waals surface area contributed by atoms with E-state index in [2.05, 4.69) is 5.43 Å². The quantitative estimate of drug-likeness (QED) is 0.413. The molecule has 1 saturated heterocycles. The molecule has 8 nitrogen and oxygen atoms in total. The molecule has 6 N–H and O–H groups in total. The predicted molar refractivity (Wildman–Crippen MR) is 110 cm³/mol. The number of nitrogens with two attached hydrogens (primary N) is 2. The molecule has 2 fully saturated rings. The number of benzene rings is 1. The first-order valence-electron chi connectivity index (χ1n) is 8.65. The van der Waals surface area contributed by atoms with E-state index in [0.29, 0.717) is 25.8 Å². The zero-order chi connectivity index (χ0) is 19.5. The van der Waals surface area contributed by atoms with Crippen LogP contribution in [-0.4, -0.2) is 34.8 Å².